The van der Waals surface area contributed by atoms with Gasteiger partial charge >= 0.3 is 0 Å². The molecule has 4 nitrogen and oxygen atoms in total. The van der Waals surface area contributed by atoms with Crippen molar-refractivity contribution < 1.29 is 0 Å². The first-order valence-electron chi connectivity index (χ1n) is 8.66. The van der Waals surface area contributed by atoms with E-state index in [-0.39, 0.29) is 0 Å². The SMILES string of the molecule is CCN(c1cc(C2(C#N)CCCCC2)c2snc(Cl)c2n1)C(C)C. The zero-order valence-electron chi connectivity index (χ0n) is 14.5. The molecule has 1 aliphatic carbocycles. The smallest absolute Gasteiger partial charge is 0.169 e. The average molecular weight is 363 g/mol. The van der Waals surface area contributed by atoms with Crippen molar-refractivity contribution in [3.8, 4) is 6.07 Å². The van der Waals surface area contributed by atoms with Crippen molar-refractivity contribution in [1.29, 1.82) is 5.26 Å². The molecule has 2 aromatic rings. The van der Waals surface area contributed by atoms with Gasteiger partial charge in [-0.2, -0.15) is 9.64 Å². The Balaban J connectivity index is 2.24. The molecule has 0 N–H and O–H groups in total. The third kappa shape index (κ3) is 2.87. The predicted octanol–water partition coefficient (Wildman–Crippen LogP) is 5.30. The Morgan fingerprint density at radius 2 is 2.08 bits per heavy atom. The van der Waals surface area contributed by atoms with Gasteiger partial charge in [-0.3, -0.25) is 0 Å². The Kier molecular flexibility index (Phi) is 4.98. The number of pyridine rings is 1. The van der Waals surface area contributed by atoms with E-state index in [9.17, 15) is 5.26 Å². The van der Waals surface area contributed by atoms with Gasteiger partial charge in [0.25, 0.3) is 0 Å². The van der Waals surface area contributed by atoms with Crippen LogP contribution in [0, 0.1) is 11.3 Å². The molecule has 2 heterocycles. The van der Waals surface area contributed by atoms with E-state index < -0.39 is 5.41 Å². The molecule has 0 spiro atoms. The van der Waals surface area contributed by atoms with Crippen LogP contribution >= 0.6 is 23.1 Å². The van der Waals surface area contributed by atoms with Gasteiger partial charge in [0.2, 0.25) is 0 Å². The van der Waals surface area contributed by atoms with Crippen molar-refractivity contribution in [3.05, 3.63) is 16.8 Å². The van der Waals surface area contributed by atoms with Gasteiger partial charge in [-0.25, -0.2) is 4.98 Å². The maximum absolute atomic E-state index is 10.0. The highest BCUT2D eigenvalue weighted by Gasteiger charge is 2.37. The van der Waals surface area contributed by atoms with Gasteiger partial charge in [0.15, 0.2) is 5.15 Å². The topological polar surface area (TPSA) is 52.8 Å². The number of anilines is 1. The fourth-order valence-electron chi connectivity index (χ4n) is 3.77. The van der Waals surface area contributed by atoms with Crippen molar-refractivity contribution >= 4 is 39.2 Å². The molecule has 1 saturated carbocycles. The number of halogens is 1. The number of aromatic nitrogens is 2. The highest BCUT2D eigenvalue weighted by Crippen LogP contribution is 2.44. The summed E-state index contributed by atoms with van der Waals surface area (Å²) in [4.78, 5) is 7.02. The minimum absolute atomic E-state index is 0.336. The average Bonchev–Trinajstić information content (AvgIpc) is 2.96. The second-order valence-corrected chi connectivity index (χ2v) is 7.94. The molecule has 0 radical (unpaired) electrons. The number of hydrogen-bond donors (Lipinski definition) is 0. The molecule has 1 fully saturated rings. The Bertz CT molecular complexity index is 771. The summed E-state index contributed by atoms with van der Waals surface area (Å²) in [5.74, 6) is 0.900. The van der Waals surface area contributed by atoms with Gasteiger partial charge in [0, 0.05) is 12.6 Å². The van der Waals surface area contributed by atoms with Gasteiger partial charge < -0.3 is 4.90 Å². The third-order valence-corrected chi connectivity index (χ3v) is 6.30. The molecule has 1 aliphatic rings. The van der Waals surface area contributed by atoms with Crippen molar-refractivity contribution in [2.24, 2.45) is 0 Å². The van der Waals surface area contributed by atoms with Crippen LogP contribution in [-0.2, 0) is 5.41 Å². The molecule has 24 heavy (non-hydrogen) atoms. The van der Waals surface area contributed by atoms with Crippen LogP contribution in [0.5, 0.6) is 0 Å². The van der Waals surface area contributed by atoms with E-state index in [2.05, 4.69) is 42.2 Å². The summed E-state index contributed by atoms with van der Waals surface area (Å²) in [6.45, 7) is 7.30. The molecule has 2 aromatic heterocycles. The van der Waals surface area contributed by atoms with Gasteiger partial charge in [0.05, 0.1) is 16.2 Å². The largest absolute Gasteiger partial charge is 0.354 e. The monoisotopic (exact) mass is 362 g/mol. The number of fused-ring (bicyclic) bond motifs is 1. The van der Waals surface area contributed by atoms with E-state index in [1.54, 1.807) is 0 Å². The first kappa shape index (κ1) is 17.4. The van der Waals surface area contributed by atoms with Gasteiger partial charge in [-0.1, -0.05) is 30.9 Å². The molecule has 128 valence electrons. The van der Waals surface area contributed by atoms with E-state index in [1.165, 1.54) is 18.0 Å². The number of hydrogen-bond acceptors (Lipinski definition) is 5. The Hall–Kier alpha value is -1.38. The van der Waals surface area contributed by atoms with E-state index in [1.807, 2.05) is 0 Å². The van der Waals surface area contributed by atoms with Crippen molar-refractivity contribution in [2.45, 2.75) is 64.3 Å². The highest BCUT2D eigenvalue weighted by atomic mass is 35.5. The summed E-state index contributed by atoms with van der Waals surface area (Å²) in [5, 5.41) is 10.5. The standard InChI is InChI=1S/C18H23ClN4S/c1-4-23(12(2)3)14-10-13(16-15(21-14)17(19)22-24-16)18(11-20)8-6-5-7-9-18/h10,12H,4-9H2,1-3H3. The summed E-state index contributed by atoms with van der Waals surface area (Å²) in [6.07, 6.45) is 5.22. The fraction of sp³-hybridized carbons (Fsp3) is 0.611. The molecule has 0 aliphatic heterocycles. The summed E-state index contributed by atoms with van der Waals surface area (Å²) in [7, 11) is 0. The van der Waals surface area contributed by atoms with Crippen molar-refractivity contribution in [2.75, 3.05) is 11.4 Å². The lowest BCUT2D eigenvalue weighted by Crippen LogP contribution is -2.32. The molecular weight excluding hydrogens is 340 g/mol. The van der Waals surface area contributed by atoms with E-state index >= 15 is 0 Å². The maximum Gasteiger partial charge on any atom is 0.169 e. The molecule has 0 amide bonds. The van der Waals surface area contributed by atoms with Crippen LogP contribution in [0.25, 0.3) is 10.2 Å². The molecule has 3 rings (SSSR count). The number of nitrogens with zero attached hydrogens (tertiary/aromatic N) is 4. The Labute approximate surface area is 152 Å². The molecule has 0 aromatic carbocycles. The van der Waals surface area contributed by atoms with Crippen LogP contribution in [0.4, 0.5) is 5.82 Å². The van der Waals surface area contributed by atoms with Gasteiger partial charge in [0.1, 0.15) is 11.3 Å². The predicted molar refractivity (Wildman–Crippen MR) is 101 cm³/mol. The first-order valence-corrected chi connectivity index (χ1v) is 9.82. The highest BCUT2D eigenvalue weighted by molar-refractivity contribution is 7.14. The second-order valence-electron chi connectivity index (χ2n) is 6.81. The minimum atomic E-state index is -0.430. The van der Waals surface area contributed by atoms with Crippen LogP contribution in [0.3, 0.4) is 0 Å². The summed E-state index contributed by atoms with van der Waals surface area (Å²) in [6, 6.07) is 5.09. The van der Waals surface area contributed by atoms with Crippen LogP contribution in [-0.4, -0.2) is 21.9 Å². The summed E-state index contributed by atoms with van der Waals surface area (Å²) < 4.78 is 5.28. The molecule has 0 bridgehead atoms. The van der Waals surface area contributed by atoms with Crippen molar-refractivity contribution in [3.63, 3.8) is 0 Å². The van der Waals surface area contributed by atoms with Crippen LogP contribution in [0.1, 0.15) is 58.4 Å². The Morgan fingerprint density at radius 1 is 1.38 bits per heavy atom. The first-order chi connectivity index (χ1) is 11.5. The van der Waals surface area contributed by atoms with Crippen molar-refractivity contribution in [1.82, 2.24) is 9.36 Å². The lowest BCUT2D eigenvalue weighted by molar-refractivity contribution is 0.368. The summed E-state index contributed by atoms with van der Waals surface area (Å²) >= 11 is 7.68. The lowest BCUT2D eigenvalue weighted by Gasteiger charge is -2.33. The van der Waals surface area contributed by atoms with Crippen LogP contribution < -0.4 is 4.90 Å². The minimum Gasteiger partial charge on any atom is -0.354 e. The number of rotatable bonds is 4. The molecule has 0 saturated heterocycles. The normalized spacial score (nSPS) is 17.2. The third-order valence-electron chi connectivity index (χ3n) is 5.07. The second kappa shape index (κ2) is 6.85. The Morgan fingerprint density at radius 3 is 2.67 bits per heavy atom. The quantitative estimate of drug-likeness (QED) is 0.740. The van der Waals surface area contributed by atoms with E-state index in [4.69, 9.17) is 16.6 Å². The zero-order chi connectivity index (χ0) is 17.3. The summed E-state index contributed by atoms with van der Waals surface area (Å²) in [5.41, 5.74) is 1.39. The lowest BCUT2D eigenvalue weighted by atomic mass is 9.70. The van der Waals surface area contributed by atoms with Gasteiger partial charge in [-0.05, 0) is 56.8 Å². The van der Waals surface area contributed by atoms with Crippen LogP contribution in [0.2, 0.25) is 5.15 Å². The van der Waals surface area contributed by atoms with E-state index in [0.717, 1.165) is 53.8 Å². The maximum atomic E-state index is 10.0. The number of nitriles is 1. The van der Waals surface area contributed by atoms with E-state index in [0.29, 0.717) is 11.2 Å². The van der Waals surface area contributed by atoms with Crippen LogP contribution in [0.15, 0.2) is 6.07 Å². The molecule has 6 heteroatoms. The molecule has 0 atom stereocenters. The molecule has 0 unspecified atom stereocenters. The fourth-order valence-corrected chi connectivity index (χ4v) is 4.91. The molecular formula is C18H23ClN4S. The zero-order valence-corrected chi connectivity index (χ0v) is 16.0. The van der Waals surface area contributed by atoms with Gasteiger partial charge in [-0.15, -0.1) is 0 Å².